The zero-order valence-electron chi connectivity index (χ0n) is 10.8. The maximum Gasteiger partial charge on any atom is 0.363 e. The number of rotatable bonds is 7. The number of hydrogen-bond acceptors (Lipinski definition) is 4. The molecule has 0 saturated carbocycles. The van der Waals surface area contributed by atoms with Crippen LogP contribution in [0.15, 0.2) is 22.7 Å². The van der Waals surface area contributed by atoms with E-state index >= 15 is 0 Å². The Labute approximate surface area is 130 Å². The predicted octanol–water partition coefficient (Wildman–Crippen LogP) is 4.60. The Morgan fingerprint density at radius 3 is 2.32 bits per heavy atom. The number of benzene rings is 1. The number of hydrogen-bond donors (Lipinski definition) is 1. The molecule has 108 valence electrons. The molecule has 7 heteroatoms. The Morgan fingerprint density at radius 1 is 1.32 bits per heavy atom. The molecule has 4 nitrogen and oxygen atoms in total. The summed E-state index contributed by atoms with van der Waals surface area (Å²) in [4.78, 5) is 0. The quantitative estimate of drug-likeness (QED) is 0.522. The van der Waals surface area contributed by atoms with Gasteiger partial charge in [0.15, 0.2) is 5.85 Å². The number of halogens is 2. The van der Waals surface area contributed by atoms with Crippen molar-refractivity contribution < 1.29 is 18.7 Å². The van der Waals surface area contributed by atoms with Gasteiger partial charge in [0.1, 0.15) is 0 Å². The first-order valence-electron chi connectivity index (χ1n) is 5.89. The lowest BCUT2D eigenvalue weighted by molar-refractivity contribution is 0.149. The molecule has 0 spiro atoms. The van der Waals surface area contributed by atoms with Gasteiger partial charge in [0.25, 0.3) is 0 Å². The van der Waals surface area contributed by atoms with E-state index in [4.69, 9.17) is 9.05 Å². The van der Waals surface area contributed by atoms with E-state index in [2.05, 4.69) is 31.9 Å². The molecule has 0 saturated heterocycles. The molecule has 0 aromatic heterocycles. The summed E-state index contributed by atoms with van der Waals surface area (Å²) in [5.41, 5.74) is 1.54. The highest BCUT2D eigenvalue weighted by Gasteiger charge is 2.36. The van der Waals surface area contributed by atoms with Gasteiger partial charge >= 0.3 is 7.60 Å². The lowest BCUT2D eigenvalue weighted by Gasteiger charge is -2.23. The van der Waals surface area contributed by atoms with Crippen molar-refractivity contribution in [2.24, 2.45) is 0 Å². The Hall–Kier alpha value is 0.290. The minimum absolute atomic E-state index is 0.214. The van der Waals surface area contributed by atoms with Crippen molar-refractivity contribution in [1.82, 2.24) is 0 Å². The summed E-state index contributed by atoms with van der Waals surface area (Å²) >= 11 is 6.73. The van der Waals surface area contributed by atoms with Crippen molar-refractivity contribution in [3.63, 3.8) is 0 Å². The van der Waals surface area contributed by atoms with E-state index in [1.54, 1.807) is 19.9 Å². The van der Waals surface area contributed by atoms with Crippen molar-refractivity contribution in [2.45, 2.75) is 25.0 Å². The maximum absolute atomic E-state index is 12.5. The van der Waals surface area contributed by atoms with E-state index < -0.39 is 13.4 Å². The summed E-state index contributed by atoms with van der Waals surface area (Å²) < 4.78 is 23.5. The van der Waals surface area contributed by atoms with Crippen LogP contribution < -0.4 is 0 Å². The fourth-order valence-corrected chi connectivity index (χ4v) is 4.38. The predicted molar refractivity (Wildman–Crippen MR) is 82.6 cm³/mol. The molecule has 0 amide bonds. The van der Waals surface area contributed by atoms with Gasteiger partial charge in [-0.15, -0.1) is 0 Å². The molecule has 1 rings (SSSR count). The molecule has 0 fully saturated rings. The van der Waals surface area contributed by atoms with Gasteiger partial charge in [-0.3, -0.25) is 4.57 Å². The molecule has 1 aromatic rings. The van der Waals surface area contributed by atoms with Crippen molar-refractivity contribution in [2.75, 3.05) is 13.2 Å². The van der Waals surface area contributed by atoms with Crippen molar-refractivity contribution in [3.8, 4) is 0 Å². The van der Waals surface area contributed by atoms with Gasteiger partial charge < -0.3 is 14.2 Å². The largest absolute Gasteiger partial charge is 0.376 e. The molecule has 1 atom stereocenters. The molecule has 1 unspecified atom stereocenters. The lowest BCUT2D eigenvalue weighted by Crippen LogP contribution is -2.07. The van der Waals surface area contributed by atoms with Gasteiger partial charge in [-0.1, -0.05) is 44.0 Å². The fourth-order valence-electron chi connectivity index (χ4n) is 1.57. The molecule has 0 heterocycles. The average Bonchev–Trinajstić information content (AvgIpc) is 2.38. The molecule has 0 aliphatic heterocycles. The molecule has 0 bridgehead atoms. The zero-order chi connectivity index (χ0) is 14.5. The highest BCUT2D eigenvalue weighted by Crippen LogP contribution is 2.60. The monoisotopic (exact) mass is 414 g/mol. The standard InChI is InChI=1S/C12H17Br2O4P/c1-3-17-19(16,18-4-2)12(15)10-6-5-9(8-13)7-11(10)14/h5-7,12,15H,3-4,8H2,1-2H3. The first kappa shape index (κ1) is 17.3. The first-order chi connectivity index (χ1) is 8.98. The molecular formula is C12H17Br2O4P. The van der Waals surface area contributed by atoms with Crippen LogP contribution in [0.4, 0.5) is 0 Å². The summed E-state index contributed by atoms with van der Waals surface area (Å²) in [5, 5.41) is 11.0. The van der Waals surface area contributed by atoms with E-state index in [0.717, 1.165) is 5.56 Å². The molecule has 1 aromatic carbocycles. The smallest absolute Gasteiger partial charge is 0.363 e. The second-order valence-corrected chi connectivity index (χ2v) is 7.24. The molecule has 19 heavy (non-hydrogen) atoms. The van der Waals surface area contributed by atoms with Crippen LogP contribution in [0.1, 0.15) is 30.8 Å². The van der Waals surface area contributed by atoms with Crippen LogP contribution in [0.2, 0.25) is 0 Å². The lowest BCUT2D eigenvalue weighted by atomic mass is 10.2. The van der Waals surface area contributed by atoms with Crippen molar-refractivity contribution in [1.29, 1.82) is 0 Å². The van der Waals surface area contributed by atoms with Crippen molar-refractivity contribution >= 4 is 39.5 Å². The number of aliphatic hydroxyl groups excluding tert-OH is 1. The van der Waals surface area contributed by atoms with Crippen molar-refractivity contribution in [3.05, 3.63) is 33.8 Å². The van der Waals surface area contributed by atoms with Crippen LogP contribution in [-0.2, 0) is 18.9 Å². The first-order valence-corrected chi connectivity index (χ1v) is 9.42. The van der Waals surface area contributed by atoms with E-state index in [0.29, 0.717) is 15.4 Å². The topological polar surface area (TPSA) is 55.8 Å². The Bertz CT molecular complexity index is 457. The van der Waals surface area contributed by atoms with Crippen LogP contribution in [0.3, 0.4) is 0 Å². The second kappa shape index (κ2) is 7.91. The van der Waals surface area contributed by atoms with Gasteiger partial charge in [-0.25, -0.2) is 0 Å². The summed E-state index contributed by atoms with van der Waals surface area (Å²) in [6, 6.07) is 5.42. The molecule has 0 aliphatic carbocycles. The minimum Gasteiger partial charge on any atom is -0.376 e. The zero-order valence-corrected chi connectivity index (χ0v) is 14.9. The molecular weight excluding hydrogens is 399 g/mol. The van der Waals surface area contributed by atoms with Crippen LogP contribution >= 0.6 is 39.5 Å². The fraction of sp³-hybridized carbons (Fsp3) is 0.500. The number of aliphatic hydroxyl groups is 1. The normalized spacial score (nSPS) is 13.5. The third kappa shape index (κ3) is 4.38. The minimum atomic E-state index is -3.57. The summed E-state index contributed by atoms with van der Waals surface area (Å²) in [6.45, 7) is 3.85. The number of alkyl halides is 1. The van der Waals surface area contributed by atoms with E-state index in [9.17, 15) is 9.67 Å². The third-order valence-corrected chi connectivity index (χ3v) is 5.86. The van der Waals surface area contributed by atoms with E-state index in [-0.39, 0.29) is 13.2 Å². The van der Waals surface area contributed by atoms with Gasteiger partial charge in [-0.2, -0.15) is 0 Å². The van der Waals surface area contributed by atoms with Gasteiger partial charge in [0.05, 0.1) is 13.2 Å². The van der Waals surface area contributed by atoms with Crippen LogP contribution in [0.5, 0.6) is 0 Å². The van der Waals surface area contributed by atoms with Crippen LogP contribution in [-0.4, -0.2) is 18.3 Å². The summed E-state index contributed by atoms with van der Waals surface area (Å²) in [5.74, 6) is -1.30. The Kier molecular flexibility index (Phi) is 7.22. The van der Waals surface area contributed by atoms with Gasteiger partial charge in [0.2, 0.25) is 0 Å². The highest BCUT2D eigenvalue weighted by molar-refractivity contribution is 9.10. The van der Waals surface area contributed by atoms with E-state index in [1.165, 1.54) is 0 Å². The Balaban J connectivity index is 3.09. The second-order valence-electron chi connectivity index (χ2n) is 3.74. The molecule has 0 radical (unpaired) electrons. The van der Waals surface area contributed by atoms with Crippen LogP contribution in [0, 0.1) is 0 Å². The molecule has 1 N–H and O–H groups in total. The highest BCUT2D eigenvalue weighted by atomic mass is 79.9. The average molecular weight is 416 g/mol. The summed E-state index contributed by atoms with van der Waals surface area (Å²) in [6.07, 6.45) is 0. The SMILES string of the molecule is CCOP(=O)(OCC)C(O)c1ccc(CBr)cc1Br. The third-order valence-electron chi connectivity index (χ3n) is 2.41. The molecule has 0 aliphatic rings. The van der Waals surface area contributed by atoms with Gasteiger partial charge in [-0.05, 0) is 25.5 Å². The Morgan fingerprint density at radius 2 is 1.89 bits per heavy atom. The van der Waals surface area contributed by atoms with Gasteiger partial charge in [0, 0.05) is 15.4 Å². The van der Waals surface area contributed by atoms with E-state index in [1.807, 2.05) is 12.1 Å². The van der Waals surface area contributed by atoms with Crippen LogP contribution in [0.25, 0.3) is 0 Å². The maximum atomic E-state index is 12.5. The summed E-state index contributed by atoms with van der Waals surface area (Å²) in [7, 11) is -3.57.